The van der Waals surface area contributed by atoms with E-state index in [-0.39, 0.29) is 47.5 Å². The second kappa shape index (κ2) is 9.15. The minimum absolute atomic E-state index is 0.0196. The molecule has 1 saturated heterocycles. The Morgan fingerprint density at radius 3 is 2.27 bits per heavy atom. The van der Waals surface area contributed by atoms with Crippen molar-refractivity contribution in [2.24, 2.45) is 22.7 Å². The molecule has 0 unspecified atom stereocenters. The van der Waals surface area contributed by atoms with Gasteiger partial charge in [0.25, 0.3) is 0 Å². The van der Waals surface area contributed by atoms with Crippen LogP contribution in [0.25, 0.3) is 0 Å². The maximum Gasteiger partial charge on any atom is 0.339 e. The van der Waals surface area contributed by atoms with E-state index >= 15 is 0 Å². The minimum atomic E-state index is -0.648. The number of fused-ring (bicyclic) bond motifs is 4. The van der Waals surface area contributed by atoms with Gasteiger partial charge in [0.2, 0.25) is 0 Å². The Morgan fingerprint density at radius 2 is 1.59 bits per heavy atom. The second-order valence-corrected chi connectivity index (χ2v) is 12.7. The lowest BCUT2D eigenvalue weighted by Gasteiger charge is -2.61. The lowest BCUT2D eigenvalue weighted by Crippen LogP contribution is -2.62. The minimum Gasteiger partial charge on any atom is -0.461 e. The molecule has 0 bridgehead atoms. The van der Waals surface area contributed by atoms with Crippen LogP contribution in [-0.4, -0.2) is 42.3 Å². The molecule has 7 atom stereocenters. The number of carbonyl (C=O) groups excluding carboxylic acids is 3. The van der Waals surface area contributed by atoms with Crippen molar-refractivity contribution in [2.75, 3.05) is 6.61 Å². The van der Waals surface area contributed by atoms with Crippen molar-refractivity contribution in [1.82, 2.24) is 0 Å². The monoisotopic (exact) mass is 554 g/mol. The van der Waals surface area contributed by atoms with Gasteiger partial charge in [-0.05, 0) is 74.3 Å². The Morgan fingerprint density at radius 1 is 0.927 bits per heavy atom. The van der Waals surface area contributed by atoms with Crippen LogP contribution in [0.3, 0.4) is 0 Å². The van der Waals surface area contributed by atoms with E-state index in [0.29, 0.717) is 28.9 Å². The highest BCUT2D eigenvalue weighted by Gasteiger charge is 2.74. The van der Waals surface area contributed by atoms with E-state index in [1.165, 1.54) is 0 Å². The maximum atomic E-state index is 13.3. The zero-order valence-corrected chi connectivity index (χ0v) is 23.6. The molecule has 2 aromatic rings. The van der Waals surface area contributed by atoms with Gasteiger partial charge in [0.15, 0.2) is 0 Å². The Balaban J connectivity index is 1.23. The molecule has 0 aromatic heterocycles. The number of benzene rings is 2. The molecule has 7 nitrogen and oxygen atoms in total. The van der Waals surface area contributed by atoms with Crippen molar-refractivity contribution in [1.29, 1.82) is 0 Å². The number of ether oxygens (including phenoxy) is 4. The summed E-state index contributed by atoms with van der Waals surface area (Å²) >= 11 is 0. The van der Waals surface area contributed by atoms with Gasteiger partial charge in [-0.25, -0.2) is 14.4 Å². The molecule has 2 aliphatic heterocycles. The third-order valence-corrected chi connectivity index (χ3v) is 10.6. The summed E-state index contributed by atoms with van der Waals surface area (Å²) in [5.74, 6) is -0.361. The third kappa shape index (κ3) is 3.85. The molecule has 2 heterocycles. The van der Waals surface area contributed by atoms with Gasteiger partial charge in [-0.3, -0.25) is 0 Å². The first-order valence-corrected chi connectivity index (χ1v) is 14.5. The molecule has 212 valence electrons. The van der Waals surface area contributed by atoms with Gasteiger partial charge in [-0.1, -0.05) is 50.2 Å². The van der Waals surface area contributed by atoms with Gasteiger partial charge in [0.1, 0.15) is 30.2 Å². The van der Waals surface area contributed by atoms with Crippen LogP contribution in [0.2, 0.25) is 0 Å². The number of esters is 3. The van der Waals surface area contributed by atoms with Crippen LogP contribution in [0.4, 0.5) is 0 Å². The van der Waals surface area contributed by atoms with Crippen molar-refractivity contribution in [3.63, 3.8) is 0 Å². The molecule has 7 heteroatoms. The smallest absolute Gasteiger partial charge is 0.339 e. The van der Waals surface area contributed by atoms with E-state index in [1.54, 1.807) is 24.3 Å². The van der Waals surface area contributed by atoms with Crippen molar-refractivity contribution in [2.45, 2.75) is 64.3 Å². The van der Waals surface area contributed by atoms with Crippen molar-refractivity contribution in [3.8, 4) is 0 Å². The molecule has 0 amide bonds. The third-order valence-electron chi connectivity index (χ3n) is 10.6. The Kier molecular flexibility index (Phi) is 5.85. The summed E-state index contributed by atoms with van der Waals surface area (Å²) in [6, 6.07) is 18.0. The molecule has 7 rings (SSSR count). The maximum absolute atomic E-state index is 13.3. The van der Waals surface area contributed by atoms with E-state index in [2.05, 4.69) is 19.9 Å². The van der Waals surface area contributed by atoms with Crippen LogP contribution in [0.1, 0.15) is 67.2 Å². The van der Waals surface area contributed by atoms with E-state index < -0.39 is 17.5 Å². The van der Waals surface area contributed by atoms with Crippen molar-refractivity contribution in [3.05, 3.63) is 94.8 Å². The van der Waals surface area contributed by atoms with Crippen molar-refractivity contribution < 1.29 is 33.3 Å². The fourth-order valence-corrected chi connectivity index (χ4v) is 8.45. The number of rotatable bonds is 5. The first-order chi connectivity index (χ1) is 19.7. The summed E-state index contributed by atoms with van der Waals surface area (Å²) < 4.78 is 24.4. The van der Waals surface area contributed by atoms with E-state index in [0.717, 1.165) is 24.8 Å². The zero-order chi connectivity index (χ0) is 28.6. The van der Waals surface area contributed by atoms with Crippen LogP contribution in [0, 0.1) is 22.7 Å². The summed E-state index contributed by atoms with van der Waals surface area (Å²) in [4.78, 5) is 38.8. The van der Waals surface area contributed by atoms with Gasteiger partial charge in [-0.2, -0.15) is 0 Å². The summed E-state index contributed by atoms with van der Waals surface area (Å²) in [6.07, 6.45) is 4.59. The van der Waals surface area contributed by atoms with E-state index in [9.17, 15) is 14.4 Å². The Labute approximate surface area is 239 Å². The van der Waals surface area contributed by atoms with Crippen LogP contribution >= 0.6 is 0 Å². The quantitative estimate of drug-likeness (QED) is 0.262. The molecule has 0 N–H and O–H groups in total. The molecule has 1 spiro atoms. The Hall–Kier alpha value is -3.71. The summed E-state index contributed by atoms with van der Waals surface area (Å²) in [6.45, 7) is 6.31. The SMILES string of the molecule is CC1=C2C(=C[C@H]3[C@]4(C)CC[C@@H](OC(=O)c5ccccc5)[C@@](C)(COC(=O)c5ccccc5)[C@H]4CC[C@]34O[C@H]24)OC1=O. The van der Waals surface area contributed by atoms with Crippen LogP contribution in [0.15, 0.2) is 83.6 Å². The van der Waals surface area contributed by atoms with Crippen LogP contribution in [0.5, 0.6) is 0 Å². The highest BCUT2D eigenvalue weighted by molar-refractivity contribution is 5.95. The van der Waals surface area contributed by atoms with Crippen LogP contribution in [-0.2, 0) is 23.7 Å². The number of hydrogen-bond donors (Lipinski definition) is 0. The average molecular weight is 555 g/mol. The predicted octanol–water partition coefficient (Wildman–Crippen LogP) is 5.81. The van der Waals surface area contributed by atoms with Gasteiger partial charge in [-0.15, -0.1) is 0 Å². The van der Waals surface area contributed by atoms with Gasteiger partial charge in [0, 0.05) is 22.5 Å². The average Bonchev–Trinajstić information content (AvgIpc) is 3.64. The van der Waals surface area contributed by atoms with Crippen LogP contribution < -0.4 is 0 Å². The lowest BCUT2D eigenvalue weighted by molar-refractivity contribution is -0.170. The van der Waals surface area contributed by atoms with Gasteiger partial charge < -0.3 is 18.9 Å². The summed E-state index contributed by atoms with van der Waals surface area (Å²) in [5.41, 5.74) is 1.27. The molecule has 5 aliphatic rings. The first kappa shape index (κ1) is 26.2. The highest BCUT2D eigenvalue weighted by atomic mass is 16.6. The fourth-order valence-electron chi connectivity index (χ4n) is 8.45. The standard InChI is InChI=1S/C34H34O7/c1-20-27-23(39-29(20)35)18-25-32(2)16-15-26(40-31(37)22-12-8-5-9-13-22)33(3,24(32)14-17-34(25)28(27)41-34)19-38-30(36)21-10-6-4-7-11-21/h4-13,18,24-26,28H,14-17,19H2,1-3H3/t24-,25-,26+,28+,32+,33-,34-/m0/s1. The van der Waals surface area contributed by atoms with Crippen molar-refractivity contribution >= 4 is 17.9 Å². The molecule has 0 radical (unpaired) electrons. The van der Waals surface area contributed by atoms with E-state index in [4.69, 9.17) is 18.9 Å². The van der Waals surface area contributed by atoms with E-state index in [1.807, 2.05) is 43.3 Å². The zero-order valence-electron chi connectivity index (χ0n) is 23.6. The molecular formula is C34H34O7. The molecular weight excluding hydrogens is 520 g/mol. The normalized spacial score (nSPS) is 36.6. The molecule has 41 heavy (non-hydrogen) atoms. The number of epoxide rings is 1. The topological polar surface area (TPSA) is 91.4 Å². The molecule has 2 saturated carbocycles. The van der Waals surface area contributed by atoms with Gasteiger partial charge >= 0.3 is 17.9 Å². The lowest BCUT2D eigenvalue weighted by atomic mass is 9.44. The Bertz CT molecular complexity index is 1490. The second-order valence-electron chi connectivity index (χ2n) is 12.7. The molecule has 3 aliphatic carbocycles. The summed E-state index contributed by atoms with van der Waals surface area (Å²) in [7, 11) is 0. The summed E-state index contributed by atoms with van der Waals surface area (Å²) in [5, 5.41) is 0. The first-order valence-electron chi connectivity index (χ1n) is 14.5. The number of carbonyl (C=O) groups is 3. The van der Waals surface area contributed by atoms with Gasteiger partial charge in [0.05, 0.1) is 11.1 Å². The molecule has 3 fully saturated rings. The number of hydrogen-bond acceptors (Lipinski definition) is 7. The fraction of sp³-hybridized carbons (Fsp3) is 0.441. The largest absolute Gasteiger partial charge is 0.461 e. The predicted molar refractivity (Wildman–Crippen MR) is 149 cm³/mol. The highest BCUT2D eigenvalue weighted by Crippen LogP contribution is 2.71. The molecule has 2 aromatic carbocycles.